The highest BCUT2D eigenvalue weighted by Gasteiger charge is 2.27. The minimum atomic E-state index is -0.853. The van der Waals surface area contributed by atoms with Crippen LogP contribution >= 0.6 is 0 Å². The Morgan fingerprint density at radius 2 is 1.38 bits per heavy atom. The van der Waals surface area contributed by atoms with Gasteiger partial charge in [-0.2, -0.15) is 0 Å². The van der Waals surface area contributed by atoms with Crippen LogP contribution in [0.1, 0.15) is 22.6 Å². The first kappa shape index (κ1) is 20.1. The molecule has 0 saturated carbocycles. The van der Waals surface area contributed by atoms with Crippen molar-refractivity contribution in [2.45, 2.75) is 18.4 Å². The maximum atomic E-state index is 13.3. The van der Waals surface area contributed by atoms with Crippen LogP contribution in [0.25, 0.3) is 0 Å². The van der Waals surface area contributed by atoms with Gasteiger partial charge < -0.3 is 15.8 Å². The number of methoxy groups -OCH3 is 1. The molecular weight excluding hydrogens is 364 g/mol. The minimum Gasteiger partial charge on any atom is -0.496 e. The van der Waals surface area contributed by atoms with Crippen LogP contribution < -0.4 is 15.8 Å². The summed E-state index contributed by atoms with van der Waals surface area (Å²) in [6.07, 6.45) is 0.251. The lowest BCUT2D eigenvalue weighted by Crippen LogP contribution is -2.47. The summed E-state index contributed by atoms with van der Waals surface area (Å²) < 4.78 is 5.35. The smallest absolute Gasteiger partial charge is 0.240 e. The van der Waals surface area contributed by atoms with E-state index < -0.39 is 17.9 Å². The van der Waals surface area contributed by atoms with Gasteiger partial charge in [0.05, 0.1) is 13.0 Å². The molecule has 0 aliphatic heterocycles. The van der Waals surface area contributed by atoms with Crippen molar-refractivity contribution in [1.29, 1.82) is 0 Å². The second-order valence-electron chi connectivity index (χ2n) is 6.73. The molecule has 0 spiro atoms. The van der Waals surface area contributed by atoms with Gasteiger partial charge >= 0.3 is 0 Å². The summed E-state index contributed by atoms with van der Waals surface area (Å²) in [4.78, 5) is 25.4. The van der Waals surface area contributed by atoms with E-state index in [1.807, 2.05) is 84.9 Å². The molecule has 0 bridgehead atoms. The second-order valence-corrected chi connectivity index (χ2v) is 6.73. The number of para-hydroxylation sites is 1. The van der Waals surface area contributed by atoms with Gasteiger partial charge in [-0.05, 0) is 22.8 Å². The Balaban J connectivity index is 1.87. The van der Waals surface area contributed by atoms with Crippen molar-refractivity contribution >= 4 is 11.8 Å². The molecule has 148 valence electrons. The number of amides is 2. The van der Waals surface area contributed by atoms with Gasteiger partial charge in [0.1, 0.15) is 11.8 Å². The summed E-state index contributed by atoms with van der Waals surface area (Å²) in [5.41, 5.74) is 8.10. The molecule has 1 atom stereocenters. The number of hydrogen-bond acceptors (Lipinski definition) is 3. The molecule has 0 radical (unpaired) electrons. The Morgan fingerprint density at radius 3 is 1.90 bits per heavy atom. The Labute approximate surface area is 170 Å². The second kappa shape index (κ2) is 9.55. The number of benzene rings is 3. The van der Waals surface area contributed by atoms with Crippen molar-refractivity contribution in [3.63, 3.8) is 0 Å². The van der Waals surface area contributed by atoms with E-state index in [2.05, 4.69) is 5.32 Å². The zero-order valence-electron chi connectivity index (χ0n) is 16.2. The van der Waals surface area contributed by atoms with E-state index in [1.54, 1.807) is 7.11 Å². The first-order valence-corrected chi connectivity index (χ1v) is 9.41. The van der Waals surface area contributed by atoms with E-state index in [0.717, 1.165) is 16.7 Å². The lowest BCUT2D eigenvalue weighted by atomic mass is 9.90. The molecule has 3 aromatic rings. The number of hydrogen-bond donors (Lipinski definition) is 2. The molecule has 3 N–H and O–H groups in total. The van der Waals surface area contributed by atoms with E-state index in [9.17, 15) is 9.59 Å². The number of primary amides is 1. The van der Waals surface area contributed by atoms with Gasteiger partial charge in [-0.15, -0.1) is 0 Å². The van der Waals surface area contributed by atoms with E-state index in [4.69, 9.17) is 10.5 Å². The van der Waals surface area contributed by atoms with Crippen LogP contribution in [0, 0.1) is 0 Å². The van der Waals surface area contributed by atoms with E-state index in [0.29, 0.717) is 5.75 Å². The highest BCUT2D eigenvalue weighted by Crippen LogP contribution is 2.25. The molecular formula is C24H24N2O3. The maximum absolute atomic E-state index is 13.3. The third-order valence-electron chi connectivity index (χ3n) is 4.80. The highest BCUT2D eigenvalue weighted by molar-refractivity contribution is 5.92. The molecule has 2 amide bonds. The molecule has 3 aromatic carbocycles. The molecule has 0 aliphatic carbocycles. The molecule has 5 heteroatoms. The molecule has 0 aliphatic rings. The zero-order chi connectivity index (χ0) is 20.6. The Hall–Kier alpha value is -3.60. The number of rotatable bonds is 8. The molecule has 0 fully saturated rings. The quantitative estimate of drug-likeness (QED) is 0.622. The van der Waals surface area contributed by atoms with Crippen molar-refractivity contribution in [1.82, 2.24) is 5.32 Å². The lowest BCUT2D eigenvalue weighted by Gasteiger charge is -2.22. The minimum absolute atomic E-state index is 0.251. The predicted octanol–water partition coefficient (Wildman–Crippen LogP) is 3.04. The monoisotopic (exact) mass is 388 g/mol. The highest BCUT2D eigenvalue weighted by atomic mass is 16.5. The standard InChI is InChI=1S/C24H24N2O3/c1-29-21-15-9-8-14-19(21)16-20(23(25)27)26-24(28)22(17-10-4-2-5-11-17)18-12-6-3-7-13-18/h2-15,20,22H,16H2,1H3,(H2,25,27)(H,26,28)/t20-/m1/s1. The van der Waals surface area contributed by atoms with Gasteiger partial charge in [-0.3, -0.25) is 9.59 Å². The van der Waals surface area contributed by atoms with Crippen LogP contribution in [0.3, 0.4) is 0 Å². The fraction of sp³-hybridized carbons (Fsp3) is 0.167. The summed E-state index contributed by atoms with van der Waals surface area (Å²) in [6, 6.07) is 25.5. The Morgan fingerprint density at radius 1 is 0.862 bits per heavy atom. The summed E-state index contributed by atoms with van der Waals surface area (Å²) in [5, 5.41) is 2.84. The maximum Gasteiger partial charge on any atom is 0.240 e. The number of nitrogens with two attached hydrogens (primary N) is 1. The van der Waals surface area contributed by atoms with Gasteiger partial charge in [-0.1, -0.05) is 78.9 Å². The van der Waals surface area contributed by atoms with Gasteiger partial charge in [0.2, 0.25) is 11.8 Å². The van der Waals surface area contributed by atoms with Gasteiger partial charge in [0.25, 0.3) is 0 Å². The molecule has 3 rings (SSSR count). The molecule has 5 nitrogen and oxygen atoms in total. The predicted molar refractivity (Wildman–Crippen MR) is 113 cm³/mol. The third-order valence-corrected chi connectivity index (χ3v) is 4.80. The number of nitrogens with one attached hydrogen (secondary N) is 1. The molecule has 0 aromatic heterocycles. The topological polar surface area (TPSA) is 81.4 Å². The average molecular weight is 388 g/mol. The third kappa shape index (κ3) is 5.02. The van der Waals surface area contributed by atoms with Gasteiger partial charge in [-0.25, -0.2) is 0 Å². The summed E-state index contributed by atoms with van der Waals surface area (Å²) in [5.74, 6) is -0.766. The zero-order valence-corrected chi connectivity index (χ0v) is 16.2. The number of carbonyl (C=O) groups is 2. The lowest BCUT2D eigenvalue weighted by molar-refractivity contribution is -0.127. The van der Waals surface area contributed by atoms with Crippen molar-refractivity contribution in [2.75, 3.05) is 7.11 Å². The molecule has 0 unspecified atom stereocenters. The molecule has 0 saturated heterocycles. The normalized spacial score (nSPS) is 11.7. The van der Waals surface area contributed by atoms with Crippen LogP contribution in [-0.2, 0) is 16.0 Å². The first-order chi connectivity index (χ1) is 14.1. The largest absolute Gasteiger partial charge is 0.496 e. The van der Waals surface area contributed by atoms with Crippen molar-refractivity contribution in [2.24, 2.45) is 5.73 Å². The summed E-state index contributed by atoms with van der Waals surface area (Å²) >= 11 is 0. The van der Waals surface area contributed by atoms with Gasteiger partial charge in [0, 0.05) is 6.42 Å². The average Bonchev–Trinajstić information content (AvgIpc) is 2.75. The summed E-state index contributed by atoms with van der Waals surface area (Å²) in [6.45, 7) is 0. The van der Waals surface area contributed by atoms with E-state index in [-0.39, 0.29) is 12.3 Å². The molecule has 29 heavy (non-hydrogen) atoms. The number of ether oxygens (including phenoxy) is 1. The van der Waals surface area contributed by atoms with Crippen LogP contribution in [-0.4, -0.2) is 25.0 Å². The number of carbonyl (C=O) groups excluding carboxylic acids is 2. The Bertz CT molecular complexity index is 919. The van der Waals surface area contributed by atoms with E-state index >= 15 is 0 Å². The fourth-order valence-corrected chi connectivity index (χ4v) is 3.36. The van der Waals surface area contributed by atoms with Crippen molar-refractivity contribution in [3.05, 3.63) is 102 Å². The summed E-state index contributed by atoms with van der Waals surface area (Å²) in [7, 11) is 1.57. The molecule has 0 heterocycles. The van der Waals surface area contributed by atoms with Crippen molar-refractivity contribution < 1.29 is 14.3 Å². The van der Waals surface area contributed by atoms with Gasteiger partial charge in [0.15, 0.2) is 0 Å². The van der Waals surface area contributed by atoms with Crippen LogP contribution in [0.15, 0.2) is 84.9 Å². The first-order valence-electron chi connectivity index (χ1n) is 9.41. The van der Waals surface area contributed by atoms with Crippen LogP contribution in [0.4, 0.5) is 0 Å². The Kier molecular flexibility index (Phi) is 6.63. The van der Waals surface area contributed by atoms with Crippen LogP contribution in [0.2, 0.25) is 0 Å². The fourth-order valence-electron chi connectivity index (χ4n) is 3.36. The van der Waals surface area contributed by atoms with E-state index in [1.165, 1.54) is 0 Å². The van der Waals surface area contributed by atoms with Crippen LogP contribution in [0.5, 0.6) is 5.75 Å². The SMILES string of the molecule is COc1ccccc1C[C@@H](NC(=O)C(c1ccccc1)c1ccccc1)C(N)=O. The van der Waals surface area contributed by atoms with Crippen molar-refractivity contribution in [3.8, 4) is 5.75 Å².